The lowest BCUT2D eigenvalue weighted by atomic mass is 10.0. The first-order valence-electron chi connectivity index (χ1n) is 7.33. The van der Waals surface area contributed by atoms with Gasteiger partial charge in [-0.15, -0.1) is 0 Å². The predicted octanol–water partition coefficient (Wildman–Crippen LogP) is 3.12. The molecule has 0 spiro atoms. The van der Waals surface area contributed by atoms with Gasteiger partial charge in [-0.3, -0.25) is 0 Å². The van der Waals surface area contributed by atoms with Crippen molar-refractivity contribution < 1.29 is 19.3 Å². The first-order valence-corrected chi connectivity index (χ1v) is 7.33. The Balaban J connectivity index is 4.34. The van der Waals surface area contributed by atoms with E-state index >= 15 is 0 Å². The van der Waals surface area contributed by atoms with Crippen LogP contribution in [0, 0.1) is 0 Å². The highest BCUT2D eigenvalue weighted by molar-refractivity contribution is 4.72. The van der Waals surface area contributed by atoms with Crippen LogP contribution >= 0.6 is 0 Å². The van der Waals surface area contributed by atoms with Crippen LogP contribution in [0.2, 0.25) is 0 Å². The summed E-state index contributed by atoms with van der Waals surface area (Å²) >= 11 is 0. The van der Waals surface area contributed by atoms with Gasteiger partial charge in [0.2, 0.25) is 0 Å². The van der Waals surface area contributed by atoms with Crippen molar-refractivity contribution in [3.8, 4) is 0 Å². The van der Waals surface area contributed by atoms with Crippen LogP contribution in [0.1, 0.15) is 59.8 Å². The smallest absolute Gasteiger partial charge is 0.160 e. The summed E-state index contributed by atoms with van der Waals surface area (Å²) in [4.78, 5) is 0. The molecule has 19 heavy (non-hydrogen) atoms. The minimum Gasteiger partial charge on any atom is -0.379 e. The van der Waals surface area contributed by atoms with Gasteiger partial charge < -0.3 is 19.3 Å². The number of hydrogen-bond donors (Lipinski definition) is 1. The van der Waals surface area contributed by atoms with Gasteiger partial charge in [-0.05, 0) is 39.5 Å². The zero-order valence-corrected chi connectivity index (χ0v) is 13.4. The maximum Gasteiger partial charge on any atom is 0.160 e. The maximum atomic E-state index is 9.76. The lowest BCUT2D eigenvalue weighted by Crippen LogP contribution is -2.33. The molecule has 0 aromatic carbocycles. The molecule has 0 radical (unpaired) electrons. The molecule has 0 saturated carbocycles. The van der Waals surface area contributed by atoms with Crippen LogP contribution < -0.4 is 0 Å². The van der Waals surface area contributed by atoms with E-state index in [9.17, 15) is 5.11 Å². The van der Waals surface area contributed by atoms with E-state index in [1.807, 2.05) is 0 Å². The normalized spacial score (nSPS) is 17.2. The van der Waals surface area contributed by atoms with Gasteiger partial charge in [0.15, 0.2) is 5.79 Å². The van der Waals surface area contributed by atoms with E-state index in [0.29, 0.717) is 0 Å². The molecule has 0 heterocycles. The molecule has 0 aliphatic carbocycles. The molecule has 3 atom stereocenters. The Morgan fingerprint density at radius 2 is 1.53 bits per heavy atom. The van der Waals surface area contributed by atoms with Gasteiger partial charge in [0, 0.05) is 14.2 Å². The van der Waals surface area contributed by atoms with Crippen molar-refractivity contribution in [3.05, 3.63) is 0 Å². The molecule has 4 heteroatoms. The minimum atomic E-state index is -1.08. The van der Waals surface area contributed by atoms with Crippen molar-refractivity contribution in [1.29, 1.82) is 0 Å². The van der Waals surface area contributed by atoms with Crippen LogP contribution in [0.15, 0.2) is 0 Å². The van der Waals surface area contributed by atoms with Gasteiger partial charge in [0.25, 0.3) is 0 Å². The highest BCUT2D eigenvalue weighted by Gasteiger charge is 2.24. The standard InChI is InChI=1S/C15H32O4/c1-7-9-12(19-15(3,4)16)10-11-14(18-6)13(8-2)17-5/h12-14,16H,7-11H2,1-6H3. The van der Waals surface area contributed by atoms with Gasteiger partial charge in [0.1, 0.15) is 0 Å². The van der Waals surface area contributed by atoms with E-state index in [4.69, 9.17) is 14.2 Å². The molecule has 116 valence electrons. The van der Waals surface area contributed by atoms with Crippen molar-refractivity contribution in [2.45, 2.75) is 83.9 Å². The zero-order valence-electron chi connectivity index (χ0n) is 13.4. The molecule has 0 amide bonds. The van der Waals surface area contributed by atoms with E-state index in [1.165, 1.54) is 0 Å². The summed E-state index contributed by atoms with van der Waals surface area (Å²) in [7, 11) is 3.44. The van der Waals surface area contributed by atoms with E-state index in [2.05, 4.69) is 13.8 Å². The summed E-state index contributed by atoms with van der Waals surface area (Å²) in [6, 6.07) is 0. The third-order valence-electron chi connectivity index (χ3n) is 3.26. The molecule has 0 rings (SSSR count). The summed E-state index contributed by atoms with van der Waals surface area (Å²) < 4.78 is 16.6. The fourth-order valence-electron chi connectivity index (χ4n) is 2.38. The third kappa shape index (κ3) is 8.58. The zero-order chi connectivity index (χ0) is 14.9. The number of hydrogen-bond acceptors (Lipinski definition) is 4. The molecule has 0 saturated heterocycles. The lowest BCUT2D eigenvalue weighted by molar-refractivity contribution is -0.209. The average Bonchev–Trinajstić information content (AvgIpc) is 2.32. The van der Waals surface area contributed by atoms with Gasteiger partial charge in [-0.1, -0.05) is 20.3 Å². The molecular formula is C15H32O4. The molecule has 4 nitrogen and oxygen atoms in total. The minimum absolute atomic E-state index is 0.0667. The van der Waals surface area contributed by atoms with Crippen molar-refractivity contribution in [2.75, 3.05) is 14.2 Å². The van der Waals surface area contributed by atoms with Gasteiger partial charge in [0.05, 0.1) is 18.3 Å². The van der Waals surface area contributed by atoms with Crippen LogP contribution in [0.5, 0.6) is 0 Å². The SMILES string of the molecule is CCCC(CCC(OC)C(CC)OC)OC(C)(C)O. The van der Waals surface area contributed by atoms with Crippen molar-refractivity contribution in [2.24, 2.45) is 0 Å². The van der Waals surface area contributed by atoms with E-state index < -0.39 is 5.79 Å². The Bertz CT molecular complexity index is 209. The number of ether oxygens (including phenoxy) is 3. The second-order valence-electron chi connectivity index (χ2n) is 5.51. The highest BCUT2D eigenvalue weighted by atomic mass is 16.6. The summed E-state index contributed by atoms with van der Waals surface area (Å²) in [5.41, 5.74) is 0. The maximum absolute atomic E-state index is 9.76. The van der Waals surface area contributed by atoms with Crippen LogP contribution in [-0.4, -0.2) is 43.4 Å². The Labute approximate surface area is 118 Å². The molecule has 0 aromatic rings. The molecule has 1 N–H and O–H groups in total. The quantitative estimate of drug-likeness (QED) is 0.589. The Morgan fingerprint density at radius 1 is 0.947 bits per heavy atom. The Morgan fingerprint density at radius 3 is 1.89 bits per heavy atom. The van der Waals surface area contributed by atoms with Crippen LogP contribution in [0.25, 0.3) is 0 Å². The molecule has 0 aromatic heterocycles. The fourth-order valence-corrected chi connectivity index (χ4v) is 2.38. The number of methoxy groups -OCH3 is 2. The van der Waals surface area contributed by atoms with Gasteiger partial charge in [-0.25, -0.2) is 0 Å². The fraction of sp³-hybridized carbons (Fsp3) is 1.00. The summed E-state index contributed by atoms with van der Waals surface area (Å²) in [6.45, 7) is 7.57. The van der Waals surface area contributed by atoms with Crippen LogP contribution in [0.4, 0.5) is 0 Å². The second kappa shape index (κ2) is 9.70. The van der Waals surface area contributed by atoms with E-state index in [1.54, 1.807) is 28.1 Å². The molecule has 3 unspecified atom stereocenters. The summed E-state index contributed by atoms with van der Waals surface area (Å²) in [5.74, 6) is -1.08. The van der Waals surface area contributed by atoms with Crippen molar-refractivity contribution in [1.82, 2.24) is 0 Å². The molecule has 0 aliphatic heterocycles. The monoisotopic (exact) mass is 276 g/mol. The Kier molecular flexibility index (Phi) is 9.62. The highest BCUT2D eigenvalue weighted by Crippen LogP contribution is 2.20. The summed E-state index contributed by atoms with van der Waals surface area (Å²) in [5, 5.41) is 9.76. The second-order valence-corrected chi connectivity index (χ2v) is 5.51. The number of aliphatic hydroxyl groups is 1. The van der Waals surface area contributed by atoms with Gasteiger partial charge >= 0.3 is 0 Å². The third-order valence-corrected chi connectivity index (χ3v) is 3.26. The predicted molar refractivity (Wildman–Crippen MR) is 77.2 cm³/mol. The first-order chi connectivity index (χ1) is 8.87. The molecular weight excluding hydrogens is 244 g/mol. The van der Waals surface area contributed by atoms with Crippen LogP contribution in [0.3, 0.4) is 0 Å². The average molecular weight is 276 g/mol. The largest absolute Gasteiger partial charge is 0.379 e. The lowest BCUT2D eigenvalue weighted by Gasteiger charge is -2.29. The van der Waals surface area contributed by atoms with Crippen LogP contribution in [-0.2, 0) is 14.2 Å². The van der Waals surface area contributed by atoms with E-state index in [0.717, 1.165) is 32.1 Å². The molecule has 0 bridgehead atoms. The molecule has 0 aliphatic rings. The van der Waals surface area contributed by atoms with Crippen molar-refractivity contribution in [3.63, 3.8) is 0 Å². The Hall–Kier alpha value is -0.160. The number of rotatable bonds is 11. The first kappa shape index (κ1) is 18.8. The van der Waals surface area contributed by atoms with Crippen molar-refractivity contribution >= 4 is 0 Å². The topological polar surface area (TPSA) is 47.9 Å². The van der Waals surface area contributed by atoms with Gasteiger partial charge in [-0.2, -0.15) is 0 Å². The molecule has 0 fully saturated rings. The summed E-state index contributed by atoms with van der Waals surface area (Å²) in [6.07, 6.45) is 4.94. The van der Waals surface area contributed by atoms with E-state index in [-0.39, 0.29) is 18.3 Å².